The van der Waals surface area contributed by atoms with Crippen molar-refractivity contribution in [3.05, 3.63) is 24.0 Å². The third-order valence-corrected chi connectivity index (χ3v) is 7.43. The number of carboxylic acid groups (broad SMARTS) is 1. The van der Waals surface area contributed by atoms with Crippen LogP contribution in [0.2, 0.25) is 0 Å². The fourth-order valence-electron chi connectivity index (χ4n) is 3.30. The first kappa shape index (κ1) is 15.7. The molecule has 124 valence electrons. The lowest BCUT2D eigenvalue weighted by Gasteiger charge is -2.42. The fourth-order valence-corrected chi connectivity index (χ4v) is 5.59. The van der Waals surface area contributed by atoms with Gasteiger partial charge in [-0.25, -0.2) is 13.2 Å². The molecule has 1 unspecified atom stereocenters. The molecule has 0 saturated carbocycles. The van der Waals surface area contributed by atoms with Crippen molar-refractivity contribution < 1.29 is 27.9 Å². The Labute approximate surface area is 133 Å². The number of fused-ring (bicyclic) bond motifs is 1. The van der Waals surface area contributed by atoms with Gasteiger partial charge in [-0.1, -0.05) is 0 Å². The van der Waals surface area contributed by atoms with Crippen LogP contribution in [0, 0.1) is 0 Å². The van der Waals surface area contributed by atoms with Gasteiger partial charge in [-0.3, -0.25) is 9.78 Å². The second-order valence-corrected chi connectivity index (χ2v) is 8.75. The fraction of sp³-hybridized carbons (Fsp3) is 0.500. The topological polar surface area (TPSA) is 114 Å². The first-order valence-corrected chi connectivity index (χ1v) is 8.47. The second kappa shape index (κ2) is 4.67. The van der Waals surface area contributed by atoms with E-state index in [0.717, 1.165) is 4.90 Å². The maximum absolute atomic E-state index is 12.8. The molecule has 9 heteroatoms. The lowest BCUT2D eigenvalue weighted by atomic mass is 9.89. The van der Waals surface area contributed by atoms with E-state index in [4.69, 9.17) is 4.74 Å². The molecule has 2 aliphatic rings. The molecule has 1 amide bonds. The number of amides is 1. The van der Waals surface area contributed by atoms with E-state index in [2.05, 4.69) is 4.98 Å². The second-order valence-electron chi connectivity index (χ2n) is 6.12. The zero-order chi connectivity index (χ0) is 17.2. The molecule has 1 aromatic rings. The number of carbonyl (C=O) groups is 2. The molecule has 3 heterocycles. The highest BCUT2D eigenvalue weighted by Crippen LogP contribution is 2.51. The van der Waals surface area contributed by atoms with Crippen molar-refractivity contribution in [1.29, 1.82) is 0 Å². The van der Waals surface area contributed by atoms with Crippen molar-refractivity contribution >= 4 is 21.7 Å². The Balaban J connectivity index is 2.09. The Morgan fingerprint density at radius 3 is 2.65 bits per heavy atom. The normalized spacial score (nSPS) is 30.5. The summed E-state index contributed by atoms with van der Waals surface area (Å²) in [4.78, 5) is 29.0. The number of nitrogens with zero attached hydrogens (tertiary/aromatic N) is 2. The van der Waals surface area contributed by atoms with Gasteiger partial charge in [-0.2, -0.15) is 0 Å². The molecule has 1 aromatic heterocycles. The van der Waals surface area contributed by atoms with Gasteiger partial charge in [0.2, 0.25) is 5.91 Å². The SMILES string of the molecule is COc1ccnc(C2C(=O)N3[C@@H](C(=O)O)C(C)(C)S(=O)(=O)[C@H]23)c1. The molecule has 2 fully saturated rings. The predicted octanol–water partition coefficient (Wildman–Crippen LogP) is 0.00230. The van der Waals surface area contributed by atoms with Crippen LogP contribution in [-0.4, -0.2) is 58.6 Å². The Bertz CT molecular complexity index is 803. The minimum Gasteiger partial charge on any atom is -0.497 e. The van der Waals surface area contributed by atoms with Gasteiger partial charge in [0.1, 0.15) is 17.7 Å². The molecule has 0 bridgehead atoms. The average Bonchev–Trinajstić information content (AvgIpc) is 2.62. The molecule has 0 aromatic carbocycles. The molecule has 23 heavy (non-hydrogen) atoms. The number of carboxylic acids is 1. The van der Waals surface area contributed by atoms with Crippen molar-refractivity contribution in [2.75, 3.05) is 7.11 Å². The first-order valence-electron chi connectivity index (χ1n) is 6.93. The lowest BCUT2D eigenvalue weighted by Crippen LogP contribution is -2.62. The van der Waals surface area contributed by atoms with Gasteiger partial charge >= 0.3 is 5.97 Å². The lowest BCUT2D eigenvalue weighted by molar-refractivity contribution is -0.159. The Morgan fingerprint density at radius 1 is 1.43 bits per heavy atom. The van der Waals surface area contributed by atoms with Crippen LogP contribution >= 0.6 is 0 Å². The van der Waals surface area contributed by atoms with Gasteiger partial charge in [0, 0.05) is 12.3 Å². The van der Waals surface area contributed by atoms with E-state index >= 15 is 0 Å². The molecular formula is C14H16N2O6S. The van der Waals surface area contributed by atoms with Crippen molar-refractivity contribution in [2.45, 2.75) is 35.9 Å². The third kappa shape index (κ3) is 1.82. The van der Waals surface area contributed by atoms with E-state index in [1.165, 1.54) is 33.2 Å². The van der Waals surface area contributed by atoms with Crippen molar-refractivity contribution in [3.63, 3.8) is 0 Å². The van der Waals surface area contributed by atoms with Crippen LogP contribution < -0.4 is 4.74 Å². The minimum atomic E-state index is -3.87. The van der Waals surface area contributed by atoms with E-state index in [0.29, 0.717) is 5.75 Å². The van der Waals surface area contributed by atoms with E-state index < -0.39 is 43.8 Å². The number of methoxy groups -OCH3 is 1. The number of aromatic nitrogens is 1. The van der Waals surface area contributed by atoms with Crippen LogP contribution in [-0.2, 0) is 19.4 Å². The van der Waals surface area contributed by atoms with Crippen LogP contribution in [0.1, 0.15) is 25.5 Å². The van der Waals surface area contributed by atoms with Gasteiger partial charge in [0.25, 0.3) is 0 Å². The van der Waals surface area contributed by atoms with Gasteiger partial charge < -0.3 is 14.7 Å². The van der Waals surface area contributed by atoms with Crippen LogP contribution in [0.4, 0.5) is 0 Å². The Morgan fingerprint density at radius 2 is 2.09 bits per heavy atom. The molecule has 0 aliphatic carbocycles. The summed E-state index contributed by atoms with van der Waals surface area (Å²) in [6.07, 6.45) is 1.42. The number of pyridine rings is 1. The number of hydrogen-bond acceptors (Lipinski definition) is 6. The smallest absolute Gasteiger partial charge is 0.328 e. The molecule has 0 spiro atoms. The zero-order valence-electron chi connectivity index (χ0n) is 12.8. The summed E-state index contributed by atoms with van der Waals surface area (Å²) in [6.45, 7) is 2.67. The molecule has 2 aliphatic heterocycles. The molecule has 8 nitrogen and oxygen atoms in total. The summed E-state index contributed by atoms with van der Waals surface area (Å²) >= 11 is 0. The summed E-state index contributed by atoms with van der Waals surface area (Å²) in [5.41, 5.74) is 0.265. The average molecular weight is 340 g/mol. The summed E-state index contributed by atoms with van der Waals surface area (Å²) < 4.78 is 29.0. The highest BCUT2D eigenvalue weighted by atomic mass is 32.2. The highest BCUT2D eigenvalue weighted by molar-refractivity contribution is 7.94. The summed E-state index contributed by atoms with van der Waals surface area (Å²) in [5.74, 6) is -2.42. The number of aliphatic carboxylic acids is 1. The highest BCUT2D eigenvalue weighted by Gasteiger charge is 2.72. The standard InChI is InChI=1S/C14H16N2O6S/c1-14(2)10(13(18)19)16-11(17)9(12(16)23(14,20)21)8-6-7(22-3)4-5-15-8/h4-6,9-10,12H,1-3H3,(H,18,19)/t9?,10-,12+/m0/s1. The maximum atomic E-state index is 12.8. The van der Waals surface area contributed by atoms with Crippen LogP contribution in [0.25, 0.3) is 0 Å². The number of β-lactam (4-membered cyclic amide) rings is 1. The van der Waals surface area contributed by atoms with Crippen molar-refractivity contribution in [1.82, 2.24) is 9.88 Å². The molecule has 3 atom stereocenters. The zero-order valence-corrected chi connectivity index (χ0v) is 13.6. The maximum Gasteiger partial charge on any atom is 0.328 e. The summed E-state index contributed by atoms with van der Waals surface area (Å²) in [6, 6.07) is 1.68. The largest absolute Gasteiger partial charge is 0.497 e. The van der Waals surface area contributed by atoms with E-state index in [-0.39, 0.29) is 5.69 Å². The third-order valence-electron chi connectivity index (χ3n) is 4.61. The van der Waals surface area contributed by atoms with E-state index in [9.17, 15) is 23.1 Å². The molecule has 3 rings (SSSR count). The van der Waals surface area contributed by atoms with Gasteiger partial charge in [-0.05, 0) is 19.9 Å². The predicted molar refractivity (Wildman–Crippen MR) is 78.6 cm³/mol. The van der Waals surface area contributed by atoms with Crippen LogP contribution in [0.3, 0.4) is 0 Å². The summed E-state index contributed by atoms with van der Waals surface area (Å²) in [5, 5.41) is 8.16. The number of hydrogen-bond donors (Lipinski definition) is 1. The Kier molecular flexibility index (Phi) is 3.19. The van der Waals surface area contributed by atoms with Crippen molar-refractivity contribution in [3.8, 4) is 5.75 Å². The van der Waals surface area contributed by atoms with Crippen LogP contribution in [0.5, 0.6) is 5.75 Å². The van der Waals surface area contributed by atoms with Gasteiger partial charge in [0.15, 0.2) is 15.2 Å². The summed E-state index contributed by atoms with van der Waals surface area (Å²) in [7, 11) is -2.42. The van der Waals surface area contributed by atoms with Gasteiger partial charge in [-0.15, -0.1) is 0 Å². The molecule has 0 radical (unpaired) electrons. The molecule has 2 saturated heterocycles. The van der Waals surface area contributed by atoms with E-state index in [1.807, 2.05) is 0 Å². The van der Waals surface area contributed by atoms with Crippen LogP contribution in [0.15, 0.2) is 18.3 Å². The quantitative estimate of drug-likeness (QED) is 0.770. The van der Waals surface area contributed by atoms with E-state index in [1.54, 1.807) is 6.07 Å². The number of rotatable bonds is 3. The molecule has 1 N–H and O–H groups in total. The first-order chi connectivity index (χ1) is 10.6. The molecular weight excluding hydrogens is 324 g/mol. The van der Waals surface area contributed by atoms with Gasteiger partial charge in [0.05, 0.1) is 17.6 Å². The minimum absolute atomic E-state index is 0.265. The monoisotopic (exact) mass is 340 g/mol. The number of sulfone groups is 1. The number of carbonyl (C=O) groups excluding carboxylic acids is 1. The number of ether oxygens (including phenoxy) is 1. The van der Waals surface area contributed by atoms with Crippen molar-refractivity contribution in [2.24, 2.45) is 0 Å². The Hall–Kier alpha value is -2.16.